The van der Waals surface area contributed by atoms with Gasteiger partial charge in [-0.3, -0.25) is 0 Å². The van der Waals surface area contributed by atoms with Gasteiger partial charge in [-0.25, -0.2) is 0 Å². The molecule has 1 fully saturated rings. The molecule has 0 saturated heterocycles. The molecule has 50 heavy (non-hydrogen) atoms. The Labute approximate surface area is 304 Å². The molecule has 4 aliphatic carbocycles. The fourth-order valence-electron chi connectivity index (χ4n) is 13.2. The van der Waals surface area contributed by atoms with E-state index >= 15 is 0 Å². The van der Waals surface area contributed by atoms with Gasteiger partial charge in [0.2, 0.25) is 0 Å². The molecule has 0 heterocycles. The Balaban J connectivity index is 1.50. The molecular weight excluding hydrogens is 601 g/mol. The highest BCUT2D eigenvalue weighted by atomic mass is 14.7. The van der Waals surface area contributed by atoms with Crippen LogP contribution in [0.4, 0.5) is 0 Å². The van der Waals surface area contributed by atoms with E-state index in [1.807, 2.05) is 0 Å². The molecule has 0 N–H and O–H groups in total. The normalized spacial score (nSPS) is 25.2. The van der Waals surface area contributed by atoms with Gasteiger partial charge in [-0.15, -0.1) is 0 Å². The van der Waals surface area contributed by atoms with Gasteiger partial charge in [0.1, 0.15) is 0 Å². The summed E-state index contributed by atoms with van der Waals surface area (Å²) in [6.45, 7) is 37.0. The number of rotatable bonds is 5. The zero-order chi connectivity index (χ0) is 36.1. The van der Waals surface area contributed by atoms with Crippen molar-refractivity contribution in [3.8, 4) is 11.1 Å². The maximum absolute atomic E-state index is 2.66. The second-order valence-electron chi connectivity index (χ2n) is 19.7. The number of aryl methyl sites for hydroxylation is 3. The second-order valence-corrected chi connectivity index (χ2v) is 19.7. The van der Waals surface area contributed by atoms with Crippen molar-refractivity contribution in [3.63, 3.8) is 0 Å². The van der Waals surface area contributed by atoms with E-state index in [-0.39, 0.29) is 16.2 Å². The second kappa shape index (κ2) is 10.7. The molecular formula is C50H62. The highest BCUT2D eigenvalue weighted by molar-refractivity contribution is 6.13. The van der Waals surface area contributed by atoms with Crippen molar-refractivity contribution in [2.24, 2.45) is 41.4 Å². The van der Waals surface area contributed by atoms with Gasteiger partial charge >= 0.3 is 0 Å². The Morgan fingerprint density at radius 1 is 0.580 bits per heavy atom. The fraction of sp³-hybridized carbons (Fsp3) is 0.520. The number of fused-ring (bicyclic) bond motifs is 12. The SMILES string of the molecule is Cc1cc(C)c2c(C)cc3c(c2c1)C1(c2ccc4c(c2-3)C(C)(C)C2=C4C(C)(C)c3ccc(CC(C)C)cc32)C(C(C)C)C(C(C)C)C1C(C)C. The Hall–Kier alpha value is -3.12. The molecule has 0 aliphatic heterocycles. The molecule has 4 aromatic carbocycles. The largest absolute Gasteiger partial charge is 0.0625 e. The fourth-order valence-corrected chi connectivity index (χ4v) is 13.2. The van der Waals surface area contributed by atoms with Crippen molar-refractivity contribution in [3.05, 3.63) is 104 Å². The maximum Gasteiger partial charge on any atom is 0.0288 e. The van der Waals surface area contributed by atoms with Crippen molar-refractivity contribution in [2.45, 2.75) is 127 Å². The van der Waals surface area contributed by atoms with Crippen LogP contribution in [0.25, 0.3) is 33.0 Å². The number of hydrogen-bond acceptors (Lipinski definition) is 0. The highest BCUT2D eigenvalue weighted by Crippen LogP contribution is 2.75. The molecule has 4 aliphatic rings. The van der Waals surface area contributed by atoms with Crippen LogP contribution in [0.2, 0.25) is 0 Å². The van der Waals surface area contributed by atoms with Gasteiger partial charge in [0.05, 0.1) is 0 Å². The molecule has 0 nitrogen and oxygen atoms in total. The molecule has 1 saturated carbocycles. The first kappa shape index (κ1) is 34.0. The lowest BCUT2D eigenvalue weighted by Gasteiger charge is -2.66. The van der Waals surface area contributed by atoms with Crippen molar-refractivity contribution >= 4 is 21.9 Å². The average Bonchev–Trinajstić information content (AvgIpc) is 3.51. The van der Waals surface area contributed by atoms with Crippen LogP contribution in [0.15, 0.2) is 48.5 Å². The van der Waals surface area contributed by atoms with Crippen LogP contribution in [0, 0.1) is 62.2 Å². The third kappa shape index (κ3) is 4.01. The monoisotopic (exact) mass is 662 g/mol. The van der Waals surface area contributed by atoms with E-state index in [9.17, 15) is 0 Å². The minimum Gasteiger partial charge on any atom is -0.0625 e. The molecule has 2 unspecified atom stereocenters. The third-order valence-electron chi connectivity index (χ3n) is 14.3. The quantitative estimate of drug-likeness (QED) is 0.199. The topological polar surface area (TPSA) is 0 Å². The van der Waals surface area contributed by atoms with E-state index in [2.05, 4.69) is 152 Å². The predicted octanol–water partition coefficient (Wildman–Crippen LogP) is 13.6. The van der Waals surface area contributed by atoms with E-state index < -0.39 is 0 Å². The standard InChI is InChI=1S/C50H62/c1-25(2)20-32-16-18-37-34(24-32)47-46(48(37,12)13)33-17-19-38-41(45(33)49(47,14)15)36-23-31(11)40-30(10)21-29(9)22-35(40)44(36)50(38)42(27(5)6)39(26(3)4)43(50)28(7)8/h16-19,21-28,39,42-43H,20H2,1-15H3. The Kier molecular flexibility index (Phi) is 7.28. The molecule has 262 valence electrons. The van der Waals surface area contributed by atoms with Gasteiger partial charge in [-0.2, -0.15) is 0 Å². The number of benzene rings is 4. The summed E-state index contributed by atoms with van der Waals surface area (Å²) in [5, 5.41) is 3.02. The van der Waals surface area contributed by atoms with E-state index in [1.54, 1.807) is 39.0 Å². The Morgan fingerprint density at radius 2 is 1.18 bits per heavy atom. The summed E-state index contributed by atoms with van der Waals surface area (Å²) in [7, 11) is 0. The zero-order valence-electron chi connectivity index (χ0n) is 33.9. The highest BCUT2D eigenvalue weighted by Gasteiger charge is 2.69. The van der Waals surface area contributed by atoms with Gasteiger partial charge in [0.15, 0.2) is 0 Å². The lowest BCUT2D eigenvalue weighted by atomic mass is 9.37. The molecule has 1 spiro atoms. The summed E-state index contributed by atoms with van der Waals surface area (Å²) in [6, 6.07) is 20.4. The van der Waals surface area contributed by atoms with Crippen molar-refractivity contribution in [1.29, 1.82) is 0 Å². The van der Waals surface area contributed by atoms with Crippen molar-refractivity contribution < 1.29 is 0 Å². The smallest absolute Gasteiger partial charge is 0.0288 e. The van der Waals surface area contributed by atoms with Crippen LogP contribution in [-0.2, 0) is 22.7 Å². The van der Waals surface area contributed by atoms with Crippen LogP contribution >= 0.6 is 0 Å². The molecule has 4 aromatic rings. The van der Waals surface area contributed by atoms with Gasteiger partial charge in [-0.1, -0.05) is 137 Å². The number of hydrogen-bond donors (Lipinski definition) is 0. The van der Waals surface area contributed by atoms with E-state index in [4.69, 9.17) is 0 Å². The summed E-state index contributed by atoms with van der Waals surface area (Å²) in [5.74, 6) is 4.37. The van der Waals surface area contributed by atoms with E-state index in [1.165, 1.54) is 49.7 Å². The molecule has 8 rings (SSSR count). The van der Waals surface area contributed by atoms with Gasteiger partial charge in [0.25, 0.3) is 0 Å². The first-order valence-corrected chi connectivity index (χ1v) is 20.0. The minimum absolute atomic E-state index is 0.00409. The first-order chi connectivity index (χ1) is 23.4. The van der Waals surface area contributed by atoms with Crippen LogP contribution in [-0.4, -0.2) is 0 Å². The molecule has 0 heteroatoms. The van der Waals surface area contributed by atoms with Crippen LogP contribution < -0.4 is 0 Å². The lowest BCUT2D eigenvalue weighted by molar-refractivity contribution is -0.105. The third-order valence-corrected chi connectivity index (χ3v) is 14.3. The first-order valence-electron chi connectivity index (χ1n) is 20.0. The van der Waals surface area contributed by atoms with Gasteiger partial charge in [0, 0.05) is 16.2 Å². The average molecular weight is 663 g/mol. The lowest BCUT2D eigenvalue weighted by Crippen LogP contribution is -2.64. The summed E-state index contributed by atoms with van der Waals surface area (Å²) in [6.07, 6.45) is 1.13. The van der Waals surface area contributed by atoms with Crippen molar-refractivity contribution in [2.75, 3.05) is 0 Å². The molecule has 2 atom stereocenters. The van der Waals surface area contributed by atoms with Crippen molar-refractivity contribution in [1.82, 2.24) is 0 Å². The Bertz CT molecular complexity index is 2120. The molecule has 0 amide bonds. The summed E-state index contributed by atoms with van der Waals surface area (Å²) in [5.41, 5.74) is 21.3. The maximum atomic E-state index is 2.66. The van der Waals surface area contributed by atoms with Gasteiger partial charge < -0.3 is 0 Å². The number of allylic oxidation sites excluding steroid dienone is 2. The minimum atomic E-state index is -0.106. The van der Waals surface area contributed by atoms with Crippen LogP contribution in [0.3, 0.4) is 0 Å². The Morgan fingerprint density at radius 3 is 1.78 bits per heavy atom. The summed E-state index contributed by atoms with van der Waals surface area (Å²) < 4.78 is 0. The molecule has 0 radical (unpaired) electrons. The summed E-state index contributed by atoms with van der Waals surface area (Å²) >= 11 is 0. The molecule has 0 aromatic heterocycles. The predicted molar refractivity (Wildman–Crippen MR) is 217 cm³/mol. The molecule has 0 bridgehead atoms. The van der Waals surface area contributed by atoms with E-state index in [0.717, 1.165) is 6.42 Å². The zero-order valence-corrected chi connectivity index (χ0v) is 33.9. The van der Waals surface area contributed by atoms with Crippen LogP contribution in [0.1, 0.15) is 139 Å². The van der Waals surface area contributed by atoms with E-state index in [0.29, 0.717) is 41.4 Å². The van der Waals surface area contributed by atoms with Gasteiger partial charge in [-0.05, 0) is 152 Å². The van der Waals surface area contributed by atoms with Crippen LogP contribution in [0.5, 0.6) is 0 Å². The summed E-state index contributed by atoms with van der Waals surface area (Å²) in [4.78, 5) is 0.